The molecule has 0 aliphatic carbocycles. The van der Waals surface area contributed by atoms with Crippen LogP contribution in [0.4, 0.5) is 0 Å². The summed E-state index contributed by atoms with van der Waals surface area (Å²) in [6.07, 6.45) is 0.366. The van der Waals surface area contributed by atoms with Crippen molar-refractivity contribution >= 4 is 0 Å². The molecule has 1 N–H and O–H groups in total. The van der Waals surface area contributed by atoms with Gasteiger partial charge in [-0.25, -0.2) is 0 Å². The number of aryl methyl sites for hydroxylation is 1. The van der Waals surface area contributed by atoms with Gasteiger partial charge in [-0.3, -0.25) is 4.90 Å². The molecule has 0 aliphatic rings. The molecule has 1 aromatic carbocycles. The topological polar surface area (TPSA) is 23.5 Å². The zero-order chi connectivity index (χ0) is 13.8. The SMILES string of the molecule is CCN(CC)C(C)(C)C(O)Cc1cccc(C)c1. The number of aliphatic hydroxyl groups is 1. The number of rotatable bonds is 6. The van der Waals surface area contributed by atoms with Crippen LogP contribution < -0.4 is 0 Å². The third-order valence-corrected chi connectivity index (χ3v) is 3.91. The summed E-state index contributed by atoms with van der Waals surface area (Å²) in [5, 5.41) is 10.5. The molecule has 2 heteroatoms. The van der Waals surface area contributed by atoms with Crippen LogP contribution in [0.5, 0.6) is 0 Å². The van der Waals surface area contributed by atoms with E-state index in [0.717, 1.165) is 13.1 Å². The Morgan fingerprint density at radius 2 is 1.83 bits per heavy atom. The summed E-state index contributed by atoms with van der Waals surface area (Å²) in [5.41, 5.74) is 2.27. The third-order valence-electron chi connectivity index (χ3n) is 3.91. The third kappa shape index (κ3) is 3.56. The summed E-state index contributed by atoms with van der Waals surface area (Å²) in [5.74, 6) is 0. The summed E-state index contributed by atoms with van der Waals surface area (Å²) in [6.45, 7) is 12.6. The average molecular weight is 249 g/mol. The maximum atomic E-state index is 10.5. The van der Waals surface area contributed by atoms with Crippen molar-refractivity contribution < 1.29 is 5.11 Å². The van der Waals surface area contributed by atoms with Gasteiger partial charge >= 0.3 is 0 Å². The van der Waals surface area contributed by atoms with E-state index < -0.39 is 0 Å². The number of benzene rings is 1. The van der Waals surface area contributed by atoms with Crippen molar-refractivity contribution in [2.75, 3.05) is 13.1 Å². The Hall–Kier alpha value is -0.860. The quantitative estimate of drug-likeness (QED) is 0.837. The smallest absolute Gasteiger partial charge is 0.0758 e. The molecule has 1 atom stereocenters. The van der Waals surface area contributed by atoms with E-state index >= 15 is 0 Å². The van der Waals surface area contributed by atoms with Crippen LogP contribution in [0.1, 0.15) is 38.8 Å². The van der Waals surface area contributed by atoms with Gasteiger partial charge in [0.05, 0.1) is 6.10 Å². The lowest BCUT2D eigenvalue weighted by atomic mass is 9.89. The van der Waals surface area contributed by atoms with Crippen molar-refractivity contribution in [2.45, 2.75) is 52.7 Å². The standard InChI is InChI=1S/C16H27NO/c1-6-17(7-2)16(4,5)15(18)12-14-10-8-9-13(3)11-14/h8-11,15,18H,6-7,12H2,1-5H3. The molecule has 102 valence electrons. The first kappa shape index (κ1) is 15.2. The number of hydrogen-bond donors (Lipinski definition) is 1. The summed E-state index contributed by atoms with van der Waals surface area (Å²) >= 11 is 0. The molecular weight excluding hydrogens is 222 g/mol. The zero-order valence-corrected chi connectivity index (χ0v) is 12.4. The predicted octanol–water partition coefficient (Wildman–Crippen LogP) is 3.02. The fraction of sp³-hybridized carbons (Fsp3) is 0.625. The van der Waals surface area contributed by atoms with Gasteiger partial charge in [-0.2, -0.15) is 0 Å². The highest BCUT2D eigenvalue weighted by atomic mass is 16.3. The zero-order valence-electron chi connectivity index (χ0n) is 12.4. The van der Waals surface area contributed by atoms with E-state index in [-0.39, 0.29) is 11.6 Å². The molecule has 0 bridgehead atoms. The normalized spacial score (nSPS) is 13.9. The number of likely N-dealkylation sites (N-methyl/N-ethyl adjacent to an activating group) is 1. The number of aliphatic hydroxyl groups excluding tert-OH is 1. The highest BCUT2D eigenvalue weighted by molar-refractivity contribution is 5.23. The van der Waals surface area contributed by atoms with Gasteiger partial charge in [-0.15, -0.1) is 0 Å². The van der Waals surface area contributed by atoms with Gasteiger partial charge in [-0.1, -0.05) is 43.7 Å². The van der Waals surface area contributed by atoms with Crippen LogP contribution in [-0.4, -0.2) is 34.7 Å². The lowest BCUT2D eigenvalue weighted by Crippen LogP contribution is -2.53. The summed E-state index contributed by atoms with van der Waals surface area (Å²) in [6, 6.07) is 8.39. The molecule has 0 heterocycles. The Morgan fingerprint density at radius 3 is 2.33 bits per heavy atom. The molecule has 2 nitrogen and oxygen atoms in total. The Balaban J connectivity index is 2.78. The van der Waals surface area contributed by atoms with E-state index in [0.29, 0.717) is 6.42 Å². The second-order valence-corrected chi connectivity index (χ2v) is 5.53. The van der Waals surface area contributed by atoms with Gasteiger partial charge in [-0.05, 0) is 39.4 Å². The van der Waals surface area contributed by atoms with Crippen molar-refractivity contribution in [3.63, 3.8) is 0 Å². The van der Waals surface area contributed by atoms with Crippen LogP contribution >= 0.6 is 0 Å². The van der Waals surface area contributed by atoms with Crippen LogP contribution in [0.15, 0.2) is 24.3 Å². The van der Waals surface area contributed by atoms with Crippen LogP contribution in [0.2, 0.25) is 0 Å². The molecule has 0 saturated heterocycles. The Bertz CT molecular complexity index is 369. The van der Waals surface area contributed by atoms with Gasteiger partial charge in [0.25, 0.3) is 0 Å². The van der Waals surface area contributed by atoms with Crippen LogP contribution in [-0.2, 0) is 6.42 Å². The second-order valence-electron chi connectivity index (χ2n) is 5.53. The minimum atomic E-state index is -0.348. The minimum Gasteiger partial charge on any atom is -0.391 e. The van der Waals surface area contributed by atoms with E-state index in [2.05, 4.69) is 63.8 Å². The van der Waals surface area contributed by atoms with Crippen molar-refractivity contribution in [2.24, 2.45) is 0 Å². The molecule has 1 unspecified atom stereocenters. The van der Waals surface area contributed by atoms with E-state index in [1.807, 2.05) is 0 Å². The Labute approximate surface area is 112 Å². The van der Waals surface area contributed by atoms with E-state index in [1.54, 1.807) is 0 Å². The predicted molar refractivity (Wildman–Crippen MR) is 77.9 cm³/mol. The largest absolute Gasteiger partial charge is 0.391 e. The molecule has 1 aromatic rings. The first-order chi connectivity index (χ1) is 8.41. The molecule has 0 spiro atoms. The lowest BCUT2D eigenvalue weighted by molar-refractivity contribution is -0.00415. The van der Waals surface area contributed by atoms with E-state index in [1.165, 1.54) is 11.1 Å². The molecule has 0 aliphatic heterocycles. The maximum Gasteiger partial charge on any atom is 0.0758 e. The number of hydrogen-bond acceptors (Lipinski definition) is 2. The van der Waals surface area contributed by atoms with Gasteiger partial charge in [0.2, 0.25) is 0 Å². The highest BCUT2D eigenvalue weighted by Crippen LogP contribution is 2.22. The van der Waals surface area contributed by atoms with Gasteiger partial charge < -0.3 is 5.11 Å². The summed E-state index contributed by atoms with van der Waals surface area (Å²) in [7, 11) is 0. The van der Waals surface area contributed by atoms with Gasteiger partial charge in [0.15, 0.2) is 0 Å². The maximum absolute atomic E-state index is 10.5. The first-order valence-corrected chi connectivity index (χ1v) is 6.90. The van der Waals surface area contributed by atoms with Crippen LogP contribution in [0, 0.1) is 6.92 Å². The lowest BCUT2D eigenvalue weighted by Gasteiger charge is -2.41. The van der Waals surface area contributed by atoms with Crippen molar-refractivity contribution in [3.8, 4) is 0 Å². The average Bonchev–Trinajstić information content (AvgIpc) is 2.30. The highest BCUT2D eigenvalue weighted by Gasteiger charge is 2.32. The second kappa shape index (κ2) is 6.35. The molecule has 0 aromatic heterocycles. The Morgan fingerprint density at radius 1 is 1.22 bits per heavy atom. The van der Waals surface area contributed by atoms with E-state index in [4.69, 9.17) is 0 Å². The van der Waals surface area contributed by atoms with Crippen LogP contribution in [0.25, 0.3) is 0 Å². The molecule has 0 radical (unpaired) electrons. The van der Waals surface area contributed by atoms with Gasteiger partial charge in [0.1, 0.15) is 0 Å². The molecule has 0 saturated carbocycles. The summed E-state index contributed by atoms with van der Waals surface area (Å²) in [4.78, 5) is 2.31. The van der Waals surface area contributed by atoms with Crippen molar-refractivity contribution in [1.29, 1.82) is 0 Å². The fourth-order valence-corrected chi connectivity index (χ4v) is 2.56. The van der Waals surface area contributed by atoms with Crippen molar-refractivity contribution in [1.82, 2.24) is 4.90 Å². The molecule has 0 amide bonds. The number of nitrogens with zero attached hydrogens (tertiary/aromatic N) is 1. The fourth-order valence-electron chi connectivity index (χ4n) is 2.56. The molecule has 0 fully saturated rings. The first-order valence-electron chi connectivity index (χ1n) is 6.90. The van der Waals surface area contributed by atoms with Crippen LogP contribution in [0.3, 0.4) is 0 Å². The molecular formula is C16H27NO. The Kier molecular flexibility index (Phi) is 5.36. The van der Waals surface area contributed by atoms with Crippen molar-refractivity contribution in [3.05, 3.63) is 35.4 Å². The van der Waals surface area contributed by atoms with Gasteiger partial charge in [0, 0.05) is 12.0 Å². The monoisotopic (exact) mass is 249 g/mol. The molecule has 1 rings (SSSR count). The van der Waals surface area contributed by atoms with E-state index in [9.17, 15) is 5.11 Å². The molecule has 18 heavy (non-hydrogen) atoms. The summed E-state index contributed by atoms with van der Waals surface area (Å²) < 4.78 is 0. The minimum absolute atomic E-state index is 0.187.